The monoisotopic (exact) mass is 190 g/mol. The summed E-state index contributed by atoms with van der Waals surface area (Å²) in [5, 5.41) is 0.610. The molecule has 4 heteroatoms. The molecule has 0 radical (unpaired) electrons. The molecule has 0 aromatic heterocycles. The van der Waals surface area contributed by atoms with Crippen molar-refractivity contribution in [1.82, 2.24) is 0 Å². The number of rotatable bonds is 5. The lowest BCUT2D eigenvalue weighted by atomic mass is 9.90. The first kappa shape index (κ1) is 11.8. The van der Waals surface area contributed by atoms with Crippen molar-refractivity contribution in [2.75, 3.05) is 19.7 Å². The lowest BCUT2D eigenvalue weighted by molar-refractivity contribution is 0.270. The van der Waals surface area contributed by atoms with Crippen molar-refractivity contribution in [1.29, 1.82) is 0 Å². The summed E-state index contributed by atoms with van der Waals surface area (Å²) in [5.41, 5.74) is 10.6. The van der Waals surface area contributed by atoms with Crippen LogP contribution in [0.5, 0.6) is 0 Å². The fourth-order valence-electron chi connectivity index (χ4n) is 0.810. The van der Waals surface area contributed by atoms with Crippen molar-refractivity contribution in [3.05, 3.63) is 0 Å². The smallest absolute Gasteiger partial charge is 0.165 e. The van der Waals surface area contributed by atoms with E-state index in [1.807, 2.05) is 13.8 Å². The molecule has 0 unspecified atom stereocenters. The van der Waals surface area contributed by atoms with E-state index < -0.39 is 0 Å². The molecule has 0 fully saturated rings. The Morgan fingerprint density at radius 3 is 2.33 bits per heavy atom. The van der Waals surface area contributed by atoms with Crippen molar-refractivity contribution in [3.8, 4) is 0 Å². The van der Waals surface area contributed by atoms with Crippen LogP contribution >= 0.6 is 12.2 Å². The van der Waals surface area contributed by atoms with Crippen LogP contribution in [-0.4, -0.2) is 24.7 Å². The molecule has 4 N–H and O–H groups in total. The highest BCUT2D eigenvalue weighted by Crippen LogP contribution is 2.22. The lowest BCUT2D eigenvalue weighted by Gasteiger charge is -2.24. The molecule has 0 aromatic rings. The van der Waals surface area contributed by atoms with Crippen LogP contribution in [0.1, 0.15) is 20.3 Å². The van der Waals surface area contributed by atoms with Gasteiger partial charge in [-0.05, 0) is 25.2 Å². The van der Waals surface area contributed by atoms with Gasteiger partial charge in [0.1, 0.15) is 6.61 Å². The summed E-state index contributed by atoms with van der Waals surface area (Å²) in [4.78, 5) is 0. The summed E-state index contributed by atoms with van der Waals surface area (Å²) in [7, 11) is 0. The standard InChI is InChI=1S/C8H18N2OS/c1-8(2,3-4-9)7(12)11-6-5-10/h3-6,9-10H2,1-2H3. The van der Waals surface area contributed by atoms with Gasteiger partial charge in [-0.1, -0.05) is 13.8 Å². The second kappa shape index (κ2) is 5.45. The Kier molecular flexibility index (Phi) is 5.37. The van der Waals surface area contributed by atoms with E-state index in [0.717, 1.165) is 6.42 Å². The zero-order chi connectivity index (χ0) is 9.61. The van der Waals surface area contributed by atoms with Crippen LogP contribution in [0.2, 0.25) is 0 Å². The summed E-state index contributed by atoms with van der Waals surface area (Å²) in [5.74, 6) is 0. The van der Waals surface area contributed by atoms with Crippen molar-refractivity contribution < 1.29 is 4.74 Å². The van der Waals surface area contributed by atoms with Gasteiger partial charge in [0.15, 0.2) is 5.05 Å². The highest BCUT2D eigenvalue weighted by atomic mass is 32.1. The number of thiocarbonyl (C=S) groups is 1. The second-order valence-corrected chi connectivity index (χ2v) is 3.72. The van der Waals surface area contributed by atoms with E-state index in [9.17, 15) is 0 Å². The molecule has 0 heterocycles. The summed E-state index contributed by atoms with van der Waals surface area (Å²) in [6.07, 6.45) is 0.844. The maximum Gasteiger partial charge on any atom is 0.165 e. The summed E-state index contributed by atoms with van der Waals surface area (Å²) >= 11 is 5.09. The Morgan fingerprint density at radius 1 is 1.33 bits per heavy atom. The van der Waals surface area contributed by atoms with Crippen molar-refractivity contribution in [2.24, 2.45) is 16.9 Å². The average Bonchev–Trinajstić information content (AvgIpc) is 2.00. The molecule has 0 aliphatic carbocycles. The van der Waals surface area contributed by atoms with Crippen molar-refractivity contribution >= 4 is 17.3 Å². The first-order chi connectivity index (χ1) is 5.54. The lowest BCUT2D eigenvalue weighted by Crippen LogP contribution is -2.29. The molecule has 72 valence electrons. The molecule has 3 nitrogen and oxygen atoms in total. The summed E-state index contributed by atoms with van der Waals surface area (Å²) in [6.45, 7) is 5.67. The molecule has 0 atom stereocenters. The minimum Gasteiger partial charge on any atom is -0.485 e. The SMILES string of the molecule is CC(C)(CCN)C(=S)OCCN. The van der Waals surface area contributed by atoms with Crippen LogP contribution in [0, 0.1) is 5.41 Å². The zero-order valence-electron chi connectivity index (χ0n) is 7.80. The Bertz CT molecular complexity index is 148. The molecule has 0 aliphatic rings. The van der Waals surface area contributed by atoms with Crippen molar-refractivity contribution in [3.63, 3.8) is 0 Å². The maximum atomic E-state index is 5.44. The number of hydrogen-bond acceptors (Lipinski definition) is 4. The van der Waals surface area contributed by atoms with Crippen LogP contribution in [0.25, 0.3) is 0 Å². The highest BCUT2D eigenvalue weighted by Gasteiger charge is 2.23. The van der Waals surface area contributed by atoms with E-state index in [4.69, 9.17) is 28.4 Å². The number of hydrogen-bond donors (Lipinski definition) is 2. The van der Waals surface area contributed by atoms with Gasteiger partial charge in [0.05, 0.1) is 0 Å². The minimum atomic E-state index is -0.112. The Balaban J connectivity index is 3.88. The molecule has 0 saturated carbocycles. The van der Waals surface area contributed by atoms with Crippen LogP contribution in [-0.2, 0) is 4.74 Å². The molecule has 0 aliphatic heterocycles. The van der Waals surface area contributed by atoms with Crippen LogP contribution in [0.3, 0.4) is 0 Å². The van der Waals surface area contributed by atoms with Crippen LogP contribution in [0.15, 0.2) is 0 Å². The third-order valence-corrected chi connectivity index (χ3v) is 2.34. The molecule has 0 amide bonds. The Hall–Kier alpha value is -0.190. The molecular weight excluding hydrogens is 172 g/mol. The van der Waals surface area contributed by atoms with Gasteiger partial charge in [-0.3, -0.25) is 0 Å². The molecule has 0 rings (SSSR count). The number of nitrogens with two attached hydrogens (primary N) is 2. The second-order valence-electron chi connectivity index (χ2n) is 3.35. The molecular formula is C8H18N2OS. The van der Waals surface area contributed by atoms with E-state index in [1.165, 1.54) is 0 Å². The third kappa shape index (κ3) is 3.99. The predicted molar refractivity (Wildman–Crippen MR) is 55.1 cm³/mol. The largest absolute Gasteiger partial charge is 0.485 e. The fraction of sp³-hybridized carbons (Fsp3) is 0.875. The topological polar surface area (TPSA) is 61.3 Å². The molecule has 12 heavy (non-hydrogen) atoms. The van der Waals surface area contributed by atoms with Gasteiger partial charge in [-0.25, -0.2) is 0 Å². The van der Waals surface area contributed by atoms with E-state index in [-0.39, 0.29) is 5.41 Å². The first-order valence-corrected chi connectivity index (χ1v) is 4.53. The zero-order valence-corrected chi connectivity index (χ0v) is 8.62. The predicted octanol–water partition coefficient (Wildman–Crippen LogP) is 0.664. The summed E-state index contributed by atoms with van der Waals surface area (Å²) in [6, 6.07) is 0. The first-order valence-electron chi connectivity index (χ1n) is 4.12. The summed E-state index contributed by atoms with van der Waals surface area (Å²) < 4.78 is 5.26. The third-order valence-electron chi connectivity index (χ3n) is 1.67. The van der Waals surface area contributed by atoms with Crippen LogP contribution < -0.4 is 11.5 Å². The van der Waals surface area contributed by atoms with Gasteiger partial charge in [0.2, 0.25) is 0 Å². The van der Waals surface area contributed by atoms with E-state index in [1.54, 1.807) is 0 Å². The minimum absolute atomic E-state index is 0.112. The number of ether oxygens (including phenoxy) is 1. The van der Waals surface area contributed by atoms with Gasteiger partial charge < -0.3 is 16.2 Å². The van der Waals surface area contributed by atoms with Gasteiger partial charge in [-0.2, -0.15) is 0 Å². The normalized spacial score (nSPS) is 11.3. The van der Waals surface area contributed by atoms with Gasteiger partial charge >= 0.3 is 0 Å². The molecule has 0 bridgehead atoms. The fourth-order valence-corrected chi connectivity index (χ4v) is 0.995. The Labute approximate surface area is 79.4 Å². The van der Waals surface area contributed by atoms with E-state index in [0.29, 0.717) is 24.7 Å². The molecule has 0 spiro atoms. The van der Waals surface area contributed by atoms with Gasteiger partial charge in [-0.15, -0.1) is 0 Å². The average molecular weight is 190 g/mol. The molecule has 0 saturated heterocycles. The Morgan fingerprint density at radius 2 is 1.92 bits per heavy atom. The maximum absolute atomic E-state index is 5.44. The molecule has 0 aromatic carbocycles. The highest BCUT2D eigenvalue weighted by molar-refractivity contribution is 7.80. The van der Waals surface area contributed by atoms with Gasteiger partial charge in [0.25, 0.3) is 0 Å². The van der Waals surface area contributed by atoms with Gasteiger partial charge in [0, 0.05) is 12.0 Å². The van der Waals surface area contributed by atoms with Crippen LogP contribution in [0.4, 0.5) is 0 Å². The van der Waals surface area contributed by atoms with Crippen molar-refractivity contribution in [2.45, 2.75) is 20.3 Å². The van der Waals surface area contributed by atoms with E-state index in [2.05, 4.69) is 0 Å². The quantitative estimate of drug-likeness (QED) is 0.625. The van der Waals surface area contributed by atoms with E-state index >= 15 is 0 Å².